The molecule has 0 aliphatic carbocycles. The van der Waals surface area contributed by atoms with Crippen LogP contribution in [0.1, 0.15) is 22.9 Å². The number of rotatable bonds is 11. The maximum absolute atomic E-state index is 15.9. The molecule has 0 saturated carbocycles. The topological polar surface area (TPSA) is 136 Å². The van der Waals surface area contributed by atoms with Crippen LogP contribution >= 0.6 is 0 Å². The van der Waals surface area contributed by atoms with E-state index in [4.69, 9.17) is 18.9 Å². The number of nitrogens with one attached hydrogen (secondary N) is 1. The molecule has 6 rings (SSSR count). The molecule has 2 N–H and O–H groups in total. The van der Waals surface area contributed by atoms with Gasteiger partial charge in [0.05, 0.1) is 33.5 Å². The van der Waals surface area contributed by atoms with E-state index in [2.05, 4.69) is 19.9 Å². The van der Waals surface area contributed by atoms with Gasteiger partial charge in [0.15, 0.2) is 23.6 Å². The van der Waals surface area contributed by atoms with Gasteiger partial charge in [0.25, 0.3) is 5.56 Å². The van der Waals surface area contributed by atoms with Crippen molar-refractivity contribution in [3.05, 3.63) is 112 Å². The lowest BCUT2D eigenvalue weighted by molar-refractivity contribution is -0.0935. The number of hydrogen-bond donors (Lipinski definition) is 2. The van der Waals surface area contributed by atoms with Gasteiger partial charge in [-0.15, -0.1) is 0 Å². The number of aromatic amines is 1. The van der Waals surface area contributed by atoms with Gasteiger partial charge < -0.3 is 29.0 Å². The number of aliphatic hydroxyl groups is 1. The number of ether oxygens (including phenoxy) is 4. The smallest absolute Gasteiger partial charge is 0.280 e. The highest BCUT2D eigenvalue weighted by Gasteiger charge is 2.48. The van der Waals surface area contributed by atoms with E-state index in [0.29, 0.717) is 11.5 Å². The first-order valence-corrected chi connectivity index (χ1v) is 14.9. The second kappa shape index (κ2) is 13.3. The quantitative estimate of drug-likeness (QED) is 0.125. The molecular weight excluding hydrogens is 607 g/mol. The van der Waals surface area contributed by atoms with Crippen molar-refractivity contribution in [2.75, 3.05) is 34.9 Å². The van der Waals surface area contributed by atoms with Crippen LogP contribution in [0.15, 0.2) is 95.0 Å². The summed E-state index contributed by atoms with van der Waals surface area (Å²) in [5.74, 6) is 1.34. The molecule has 1 aliphatic heterocycles. The monoisotopic (exact) mass is 642 g/mol. The van der Waals surface area contributed by atoms with Crippen molar-refractivity contribution in [1.82, 2.24) is 24.4 Å². The van der Waals surface area contributed by atoms with Gasteiger partial charge in [-0.2, -0.15) is 4.98 Å². The zero-order valence-corrected chi connectivity index (χ0v) is 26.3. The van der Waals surface area contributed by atoms with Gasteiger partial charge in [-0.25, -0.2) is 14.4 Å². The first-order chi connectivity index (χ1) is 22.7. The number of fused-ring (bicyclic) bond motifs is 1. The fraction of sp³-hybridized carbons (Fsp3) is 0.294. The number of aliphatic imine (C=N–C) groups is 1. The van der Waals surface area contributed by atoms with Gasteiger partial charge in [0, 0.05) is 14.1 Å². The van der Waals surface area contributed by atoms with Crippen molar-refractivity contribution in [2.45, 2.75) is 30.2 Å². The van der Waals surface area contributed by atoms with E-state index >= 15 is 4.39 Å². The molecule has 1 fully saturated rings. The van der Waals surface area contributed by atoms with Crippen molar-refractivity contribution >= 4 is 23.5 Å². The molecular formula is C34H35FN6O6. The largest absolute Gasteiger partial charge is 0.497 e. The van der Waals surface area contributed by atoms with Crippen LogP contribution in [0.3, 0.4) is 0 Å². The summed E-state index contributed by atoms with van der Waals surface area (Å²) in [5.41, 5.74) is 0.641. The number of imidazole rings is 1. The summed E-state index contributed by atoms with van der Waals surface area (Å²) in [4.78, 5) is 29.6. The summed E-state index contributed by atoms with van der Waals surface area (Å²) < 4.78 is 41.0. The molecule has 0 spiro atoms. The Balaban J connectivity index is 1.37. The summed E-state index contributed by atoms with van der Waals surface area (Å²) in [7, 11) is 6.72. The number of aliphatic hydroxyl groups excluding tert-OH is 1. The summed E-state index contributed by atoms with van der Waals surface area (Å²) in [6.45, 7) is -0.204. The number of H-pyrrole nitrogens is 1. The molecule has 244 valence electrons. The van der Waals surface area contributed by atoms with Crippen molar-refractivity contribution in [3.8, 4) is 11.5 Å². The normalized spacial score (nSPS) is 19.8. The predicted octanol–water partition coefficient (Wildman–Crippen LogP) is 3.96. The molecule has 3 aromatic carbocycles. The number of methoxy groups -OCH3 is 2. The molecule has 1 aliphatic rings. The highest BCUT2D eigenvalue weighted by molar-refractivity contribution is 5.71. The fourth-order valence-electron chi connectivity index (χ4n) is 5.68. The first-order valence-electron chi connectivity index (χ1n) is 14.9. The number of benzene rings is 3. The van der Waals surface area contributed by atoms with E-state index in [1.165, 1.54) is 17.2 Å². The zero-order valence-electron chi connectivity index (χ0n) is 26.3. The molecule has 4 unspecified atom stereocenters. The van der Waals surface area contributed by atoms with Gasteiger partial charge in [0.1, 0.15) is 29.3 Å². The Kier molecular flexibility index (Phi) is 9.03. The second-order valence-corrected chi connectivity index (χ2v) is 11.2. The molecule has 12 nitrogen and oxygen atoms in total. The summed E-state index contributed by atoms with van der Waals surface area (Å²) in [5, 5.41) is 11.1. The standard InChI is InChI=1S/C34H35FN6O6/c1-40(2)19-37-33-38-30-28(31(43)39-33)36-20-41(30)32-27(35)29(42)26(47-32)18-46-34(21-8-6-5-7-9-21,22-10-14-24(44-3)15-11-22)23-12-16-25(45-4)17-13-23/h5-17,19-20,26-27,29,32,42H,18H2,1-4H3,(H,38,39,43). The van der Waals surface area contributed by atoms with Crippen LogP contribution < -0.4 is 15.0 Å². The van der Waals surface area contributed by atoms with Gasteiger partial charge in [-0.3, -0.25) is 14.3 Å². The van der Waals surface area contributed by atoms with Gasteiger partial charge in [-0.1, -0.05) is 54.6 Å². The average molecular weight is 643 g/mol. The maximum Gasteiger partial charge on any atom is 0.280 e. The lowest BCUT2D eigenvalue weighted by Crippen LogP contribution is -2.39. The minimum atomic E-state index is -1.89. The summed E-state index contributed by atoms with van der Waals surface area (Å²) in [6.07, 6.45) is -3.15. The van der Waals surface area contributed by atoms with E-state index in [-0.39, 0.29) is 23.7 Å². The van der Waals surface area contributed by atoms with E-state index in [1.807, 2.05) is 78.9 Å². The van der Waals surface area contributed by atoms with E-state index < -0.39 is 35.8 Å². The van der Waals surface area contributed by atoms with Crippen LogP contribution in [0.5, 0.6) is 11.5 Å². The van der Waals surface area contributed by atoms with E-state index in [9.17, 15) is 9.90 Å². The number of halogens is 1. The molecule has 0 amide bonds. The molecule has 3 heterocycles. The highest BCUT2D eigenvalue weighted by atomic mass is 19.1. The molecule has 5 aromatic rings. The van der Waals surface area contributed by atoms with Crippen LogP contribution in [0.25, 0.3) is 11.2 Å². The number of nitrogens with zero attached hydrogens (tertiary/aromatic N) is 5. The zero-order chi connectivity index (χ0) is 33.1. The van der Waals surface area contributed by atoms with Gasteiger partial charge >= 0.3 is 0 Å². The molecule has 4 atom stereocenters. The minimum absolute atomic E-state index is 0.0124. The minimum Gasteiger partial charge on any atom is -0.497 e. The predicted molar refractivity (Wildman–Crippen MR) is 173 cm³/mol. The number of alkyl halides is 1. The SMILES string of the molecule is COc1ccc(C(OCC2OC(n3cnc4c(=O)[nH]c(N=CN(C)C)nc43)C(F)C2O)(c2ccccc2)c2ccc(OC)cc2)cc1. The second-order valence-electron chi connectivity index (χ2n) is 11.2. The van der Waals surface area contributed by atoms with Crippen molar-refractivity contribution in [1.29, 1.82) is 0 Å². The van der Waals surface area contributed by atoms with Crippen LogP contribution in [-0.2, 0) is 15.1 Å². The Bertz CT molecular complexity index is 1850. The Labute approximate surface area is 270 Å². The van der Waals surface area contributed by atoms with Crippen molar-refractivity contribution in [2.24, 2.45) is 4.99 Å². The van der Waals surface area contributed by atoms with Crippen LogP contribution in [0.4, 0.5) is 10.3 Å². The van der Waals surface area contributed by atoms with Crippen molar-refractivity contribution < 1.29 is 28.4 Å². The average Bonchev–Trinajstić information content (AvgIpc) is 3.65. The highest BCUT2D eigenvalue weighted by Crippen LogP contribution is 2.43. The Morgan fingerprint density at radius 1 is 1.00 bits per heavy atom. The van der Waals surface area contributed by atoms with Crippen LogP contribution in [-0.4, -0.2) is 89.2 Å². The van der Waals surface area contributed by atoms with E-state index in [1.54, 1.807) is 33.2 Å². The third kappa shape index (κ3) is 6.08. The number of aromatic nitrogens is 4. The first kappa shape index (κ1) is 31.9. The Morgan fingerprint density at radius 2 is 1.60 bits per heavy atom. The molecule has 13 heteroatoms. The van der Waals surface area contributed by atoms with Gasteiger partial charge in [-0.05, 0) is 41.0 Å². The fourth-order valence-corrected chi connectivity index (χ4v) is 5.68. The third-order valence-electron chi connectivity index (χ3n) is 8.04. The van der Waals surface area contributed by atoms with Crippen LogP contribution in [0.2, 0.25) is 0 Å². The summed E-state index contributed by atoms with van der Waals surface area (Å²) in [6, 6.07) is 24.6. The molecule has 0 bridgehead atoms. The molecule has 1 saturated heterocycles. The molecule has 47 heavy (non-hydrogen) atoms. The third-order valence-corrected chi connectivity index (χ3v) is 8.04. The lowest BCUT2D eigenvalue weighted by atomic mass is 9.80. The Hall–Kier alpha value is -5.11. The van der Waals surface area contributed by atoms with Crippen LogP contribution in [0, 0.1) is 0 Å². The lowest BCUT2D eigenvalue weighted by Gasteiger charge is -2.37. The van der Waals surface area contributed by atoms with E-state index in [0.717, 1.165) is 16.7 Å². The van der Waals surface area contributed by atoms with Gasteiger partial charge in [0.2, 0.25) is 5.95 Å². The molecule has 2 aromatic heterocycles. The van der Waals surface area contributed by atoms with Crippen molar-refractivity contribution in [3.63, 3.8) is 0 Å². The maximum atomic E-state index is 15.9. The summed E-state index contributed by atoms with van der Waals surface area (Å²) >= 11 is 0. The Morgan fingerprint density at radius 3 is 2.17 bits per heavy atom. The number of hydrogen-bond acceptors (Lipinski definition) is 9. The molecule has 0 radical (unpaired) electrons.